The molecule has 0 fully saturated rings. The van der Waals surface area contributed by atoms with Crippen molar-refractivity contribution in [2.24, 2.45) is 5.73 Å². The van der Waals surface area contributed by atoms with Gasteiger partial charge in [0.2, 0.25) is 0 Å². The molecule has 0 atom stereocenters. The highest BCUT2D eigenvalue weighted by Crippen LogP contribution is 2.20. The van der Waals surface area contributed by atoms with Gasteiger partial charge in [-0.25, -0.2) is 0 Å². The summed E-state index contributed by atoms with van der Waals surface area (Å²) in [5.74, 6) is 0.799. The number of nitrogens with two attached hydrogens (primary N) is 1. The Morgan fingerprint density at radius 3 is 2.50 bits per heavy atom. The van der Waals surface area contributed by atoms with Gasteiger partial charge < -0.3 is 10.5 Å². The number of hydrogen-bond donors (Lipinski definition) is 1. The largest absolute Gasteiger partial charge is 0.489 e. The van der Waals surface area contributed by atoms with Crippen LogP contribution in [-0.2, 0) is 13.0 Å². The molecule has 2 N–H and O–H groups in total. The van der Waals surface area contributed by atoms with Crippen molar-refractivity contribution in [2.75, 3.05) is 0 Å². The van der Waals surface area contributed by atoms with Crippen LogP contribution in [0.4, 0.5) is 0 Å². The first-order valence-corrected chi connectivity index (χ1v) is 7.08. The lowest BCUT2D eigenvalue weighted by Crippen LogP contribution is -2.10. The van der Waals surface area contributed by atoms with Gasteiger partial charge in [0.1, 0.15) is 12.4 Å². The minimum absolute atomic E-state index is 0.452. The number of thiocarbonyl (C=S) groups is 1. The summed E-state index contributed by atoms with van der Waals surface area (Å²) in [4.78, 5) is 0.491. The van der Waals surface area contributed by atoms with Gasteiger partial charge in [0, 0.05) is 17.0 Å². The van der Waals surface area contributed by atoms with E-state index in [9.17, 15) is 0 Å². The van der Waals surface area contributed by atoms with Crippen molar-refractivity contribution in [2.45, 2.75) is 20.0 Å². The number of rotatable bonds is 5. The molecule has 0 radical (unpaired) electrons. The second-order valence-corrected chi connectivity index (χ2v) is 5.60. The Kier molecular flexibility index (Phi) is 4.99. The van der Waals surface area contributed by atoms with E-state index in [1.54, 1.807) is 0 Å². The summed E-state index contributed by atoms with van der Waals surface area (Å²) in [6.45, 7) is 2.46. The minimum Gasteiger partial charge on any atom is -0.489 e. The second kappa shape index (κ2) is 6.73. The number of ether oxygens (including phenoxy) is 1. The van der Waals surface area contributed by atoms with Crippen molar-refractivity contribution in [1.29, 1.82) is 0 Å². The van der Waals surface area contributed by atoms with E-state index in [-0.39, 0.29) is 0 Å². The summed E-state index contributed by atoms with van der Waals surface area (Å²) in [6, 6.07) is 13.7. The van der Waals surface area contributed by atoms with Crippen molar-refractivity contribution in [3.63, 3.8) is 0 Å². The van der Waals surface area contributed by atoms with Gasteiger partial charge in [-0.05, 0) is 36.2 Å². The summed E-state index contributed by atoms with van der Waals surface area (Å²) in [7, 11) is 0. The van der Waals surface area contributed by atoms with Gasteiger partial charge in [-0.1, -0.05) is 48.1 Å². The molecule has 0 heterocycles. The average molecular weight is 306 g/mol. The molecular formula is C16H16ClNOS. The van der Waals surface area contributed by atoms with E-state index < -0.39 is 0 Å². The zero-order valence-corrected chi connectivity index (χ0v) is 12.8. The molecule has 0 aliphatic carbocycles. The molecule has 2 rings (SSSR count). The van der Waals surface area contributed by atoms with Crippen LogP contribution < -0.4 is 10.5 Å². The maximum absolute atomic E-state index is 6.17. The summed E-state index contributed by atoms with van der Waals surface area (Å²) < 4.78 is 5.72. The van der Waals surface area contributed by atoms with Gasteiger partial charge >= 0.3 is 0 Å². The van der Waals surface area contributed by atoms with Crippen molar-refractivity contribution < 1.29 is 4.74 Å². The first-order valence-electron chi connectivity index (χ1n) is 6.29. The Balaban J connectivity index is 1.98. The summed E-state index contributed by atoms with van der Waals surface area (Å²) in [6.07, 6.45) is 0.611. The monoisotopic (exact) mass is 305 g/mol. The molecule has 0 unspecified atom stereocenters. The topological polar surface area (TPSA) is 35.2 Å². The molecule has 0 spiro atoms. The predicted octanol–water partition coefficient (Wildman–Crippen LogP) is 4.06. The van der Waals surface area contributed by atoms with Crippen LogP contribution >= 0.6 is 23.8 Å². The predicted molar refractivity (Wildman–Crippen MR) is 87.5 cm³/mol. The zero-order chi connectivity index (χ0) is 14.5. The maximum atomic E-state index is 6.17. The van der Waals surface area contributed by atoms with Crippen LogP contribution in [0.15, 0.2) is 42.5 Å². The molecule has 0 aromatic heterocycles. The van der Waals surface area contributed by atoms with Gasteiger partial charge in [0.15, 0.2) is 0 Å². The summed E-state index contributed by atoms with van der Waals surface area (Å²) in [5, 5.41) is 0.732. The molecular weight excluding hydrogens is 290 g/mol. The van der Waals surface area contributed by atoms with Crippen LogP contribution in [0.25, 0.3) is 0 Å². The fourth-order valence-corrected chi connectivity index (χ4v) is 2.29. The van der Waals surface area contributed by atoms with Crippen LogP contribution in [0, 0.1) is 6.92 Å². The van der Waals surface area contributed by atoms with Crippen LogP contribution in [-0.4, -0.2) is 4.99 Å². The third kappa shape index (κ3) is 4.22. The van der Waals surface area contributed by atoms with Crippen LogP contribution in [0.5, 0.6) is 5.75 Å². The minimum atomic E-state index is 0.452. The molecule has 20 heavy (non-hydrogen) atoms. The second-order valence-electron chi connectivity index (χ2n) is 4.67. The molecule has 4 heteroatoms. The highest BCUT2D eigenvalue weighted by atomic mass is 35.5. The molecule has 2 aromatic carbocycles. The van der Waals surface area contributed by atoms with Gasteiger partial charge in [-0.2, -0.15) is 0 Å². The zero-order valence-electron chi connectivity index (χ0n) is 11.2. The number of halogens is 1. The summed E-state index contributed by atoms with van der Waals surface area (Å²) >= 11 is 11.1. The Morgan fingerprint density at radius 2 is 1.90 bits per heavy atom. The Hall–Kier alpha value is -1.58. The van der Waals surface area contributed by atoms with Gasteiger partial charge in [-0.3, -0.25) is 0 Å². The van der Waals surface area contributed by atoms with E-state index in [4.69, 9.17) is 34.3 Å². The third-order valence-corrected chi connectivity index (χ3v) is 3.40. The van der Waals surface area contributed by atoms with E-state index >= 15 is 0 Å². The molecule has 0 saturated heterocycles. The summed E-state index contributed by atoms with van der Waals surface area (Å²) in [5.41, 5.74) is 8.71. The maximum Gasteiger partial charge on any atom is 0.119 e. The highest BCUT2D eigenvalue weighted by Gasteiger charge is 2.02. The highest BCUT2D eigenvalue weighted by molar-refractivity contribution is 7.80. The van der Waals surface area contributed by atoms with Crippen LogP contribution in [0.2, 0.25) is 5.02 Å². The van der Waals surface area contributed by atoms with Crippen molar-refractivity contribution in [3.05, 3.63) is 64.2 Å². The fourth-order valence-electron chi connectivity index (χ4n) is 1.84. The molecule has 0 aliphatic heterocycles. The first-order chi connectivity index (χ1) is 9.54. The number of aryl methyl sites for hydroxylation is 1. The Labute approximate surface area is 129 Å². The van der Waals surface area contributed by atoms with Crippen molar-refractivity contribution in [3.8, 4) is 5.75 Å². The van der Waals surface area contributed by atoms with E-state index in [1.165, 1.54) is 0 Å². The Bertz CT molecular complexity index is 610. The van der Waals surface area contributed by atoms with Crippen LogP contribution in [0.1, 0.15) is 16.7 Å². The van der Waals surface area contributed by atoms with Crippen molar-refractivity contribution in [1.82, 2.24) is 0 Å². The number of benzene rings is 2. The number of hydrogen-bond acceptors (Lipinski definition) is 2. The fraction of sp³-hybridized carbons (Fsp3) is 0.188. The van der Waals surface area contributed by atoms with E-state index in [1.807, 2.05) is 49.4 Å². The SMILES string of the molecule is Cc1ccc(COc2ccc(CC(N)=S)cc2)c(Cl)c1. The van der Waals surface area contributed by atoms with Crippen LogP contribution in [0.3, 0.4) is 0 Å². The molecule has 0 saturated carbocycles. The molecule has 0 amide bonds. The first kappa shape index (κ1) is 14.8. The van der Waals surface area contributed by atoms with E-state index in [0.29, 0.717) is 18.0 Å². The molecule has 2 nitrogen and oxygen atoms in total. The molecule has 2 aromatic rings. The normalized spacial score (nSPS) is 10.3. The van der Waals surface area contributed by atoms with Gasteiger partial charge in [0.05, 0.1) is 4.99 Å². The molecule has 104 valence electrons. The van der Waals surface area contributed by atoms with E-state index in [0.717, 1.165) is 27.5 Å². The van der Waals surface area contributed by atoms with E-state index in [2.05, 4.69) is 0 Å². The van der Waals surface area contributed by atoms with Gasteiger partial charge in [0.25, 0.3) is 0 Å². The third-order valence-electron chi connectivity index (χ3n) is 2.90. The lowest BCUT2D eigenvalue weighted by Gasteiger charge is -2.09. The standard InChI is InChI=1S/C16H16ClNOS/c1-11-2-5-13(15(17)8-11)10-19-14-6-3-12(4-7-14)9-16(18)20/h2-8H,9-10H2,1H3,(H2,18,20). The lowest BCUT2D eigenvalue weighted by molar-refractivity contribution is 0.306. The lowest BCUT2D eigenvalue weighted by atomic mass is 10.1. The molecule has 0 aliphatic rings. The Morgan fingerprint density at radius 1 is 1.20 bits per heavy atom. The van der Waals surface area contributed by atoms with Crippen molar-refractivity contribution >= 4 is 28.8 Å². The quantitative estimate of drug-likeness (QED) is 0.846. The van der Waals surface area contributed by atoms with Gasteiger partial charge in [-0.15, -0.1) is 0 Å². The smallest absolute Gasteiger partial charge is 0.119 e. The average Bonchev–Trinajstić information content (AvgIpc) is 2.39. The molecule has 0 bridgehead atoms.